The predicted molar refractivity (Wildman–Crippen MR) is 75.1 cm³/mol. The molecule has 1 amide bonds. The average Bonchev–Trinajstić information content (AvgIpc) is 2.55. The molecule has 0 radical (unpaired) electrons. The molecule has 90 valence electrons. The molecule has 0 aliphatic heterocycles. The van der Waals surface area contributed by atoms with Gasteiger partial charge in [0.05, 0.1) is 10.2 Å². The van der Waals surface area contributed by atoms with E-state index in [1.165, 1.54) is 11.3 Å². The van der Waals surface area contributed by atoms with Crippen molar-refractivity contribution in [3.63, 3.8) is 0 Å². The van der Waals surface area contributed by atoms with Gasteiger partial charge in [-0.1, -0.05) is 13.8 Å². The molecule has 0 saturated carbocycles. The standard InChI is InChI=1S/C12H14N2OS2/c1-7(2)5-11(15)13-8-3-4-9-10(6-8)17-12(16)14-9/h3-4,6-7H,5H2,1-2H3,(H,13,15)(H,14,16). The SMILES string of the molecule is CC(C)CC(=O)Nc1ccc2[nH]c(=S)sc2c1. The Morgan fingerprint density at radius 2 is 2.29 bits per heavy atom. The fourth-order valence-corrected chi connectivity index (χ4v) is 2.76. The van der Waals surface area contributed by atoms with Crippen LogP contribution < -0.4 is 5.32 Å². The molecule has 1 heterocycles. The van der Waals surface area contributed by atoms with Crippen LogP contribution in [0.25, 0.3) is 10.2 Å². The Hall–Kier alpha value is -1.20. The van der Waals surface area contributed by atoms with Gasteiger partial charge in [0.25, 0.3) is 0 Å². The quantitative estimate of drug-likeness (QED) is 0.826. The molecular weight excluding hydrogens is 252 g/mol. The minimum absolute atomic E-state index is 0.0542. The van der Waals surface area contributed by atoms with Gasteiger partial charge in [-0.05, 0) is 36.3 Å². The maximum atomic E-state index is 11.6. The minimum atomic E-state index is 0.0542. The van der Waals surface area contributed by atoms with E-state index in [1.54, 1.807) is 0 Å². The maximum absolute atomic E-state index is 11.6. The van der Waals surface area contributed by atoms with Crippen LogP contribution in [0.15, 0.2) is 18.2 Å². The molecule has 0 saturated heterocycles. The summed E-state index contributed by atoms with van der Waals surface area (Å²) in [4.78, 5) is 14.7. The molecule has 0 aliphatic rings. The van der Waals surface area contributed by atoms with Crippen LogP contribution in [-0.2, 0) is 4.79 Å². The molecular formula is C12H14N2OS2. The van der Waals surface area contributed by atoms with Gasteiger partial charge < -0.3 is 10.3 Å². The predicted octanol–water partition coefficient (Wildman–Crippen LogP) is 3.94. The number of amides is 1. The topological polar surface area (TPSA) is 44.9 Å². The van der Waals surface area contributed by atoms with Gasteiger partial charge in [-0.15, -0.1) is 11.3 Å². The van der Waals surface area contributed by atoms with Crippen molar-refractivity contribution in [2.45, 2.75) is 20.3 Å². The molecule has 2 N–H and O–H groups in total. The zero-order valence-corrected chi connectivity index (χ0v) is 11.4. The lowest BCUT2D eigenvalue weighted by molar-refractivity contribution is -0.116. The van der Waals surface area contributed by atoms with E-state index in [-0.39, 0.29) is 5.91 Å². The zero-order chi connectivity index (χ0) is 12.4. The first-order chi connectivity index (χ1) is 8.04. The fraction of sp³-hybridized carbons (Fsp3) is 0.333. The third kappa shape index (κ3) is 3.14. The van der Waals surface area contributed by atoms with Crippen LogP contribution in [0, 0.1) is 9.87 Å². The fourth-order valence-electron chi connectivity index (χ4n) is 1.61. The van der Waals surface area contributed by atoms with Crippen molar-refractivity contribution in [2.24, 2.45) is 5.92 Å². The molecule has 2 rings (SSSR count). The van der Waals surface area contributed by atoms with E-state index >= 15 is 0 Å². The monoisotopic (exact) mass is 266 g/mol. The highest BCUT2D eigenvalue weighted by Crippen LogP contribution is 2.23. The van der Waals surface area contributed by atoms with Crippen LogP contribution in [0.1, 0.15) is 20.3 Å². The van der Waals surface area contributed by atoms with E-state index in [0.717, 1.165) is 19.9 Å². The number of anilines is 1. The van der Waals surface area contributed by atoms with Gasteiger partial charge in [-0.25, -0.2) is 0 Å². The third-order valence-corrected chi connectivity index (χ3v) is 3.50. The minimum Gasteiger partial charge on any atom is -0.337 e. The molecule has 0 spiro atoms. The summed E-state index contributed by atoms with van der Waals surface area (Å²) in [6.07, 6.45) is 0.543. The Morgan fingerprint density at radius 3 is 3.00 bits per heavy atom. The second kappa shape index (κ2) is 4.98. The van der Waals surface area contributed by atoms with E-state index < -0.39 is 0 Å². The first kappa shape index (κ1) is 12.3. The number of nitrogens with one attached hydrogen (secondary N) is 2. The summed E-state index contributed by atoms with van der Waals surface area (Å²) < 4.78 is 1.82. The number of rotatable bonds is 3. The lowest BCUT2D eigenvalue weighted by Crippen LogP contribution is -2.13. The van der Waals surface area contributed by atoms with Crippen molar-refractivity contribution < 1.29 is 4.79 Å². The van der Waals surface area contributed by atoms with E-state index in [0.29, 0.717) is 12.3 Å². The zero-order valence-electron chi connectivity index (χ0n) is 9.74. The number of hydrogen-bond acceptors (Lipinski definition) is 3. The Bertz CT molecular complexity index is 598. The summed E-state index contributed by atoms with van der Waals surface area (Å²) in [5.41, 5.74) is 1.84. The van der Waals surface area contributed by atoms with Crippen LogP contribution in [-0.4, -0.2) is 10.9 Å². The number of aromatic nitrogens is 1. The van der Waals surface area contributed by atoms with Gasteiger partial charge >= 0.3 is 0 Å². The van der Waals surface area contributed by atoms with Crippen LogP contribution in [0.3, 0.4) is 0 Å². The van der Waals surface area contributed by atoms with Crippen molar-refractivity contribution >= 4 is 45.4 Å². The number of benzene rings is 1. The van der Waals surface area contributed by atoms with E-state index in [9.17, 15) is 4.79 Å². The molecule has 1 aromatic heterocycles. The molecule has 0 unspecified atom stereocenters. The van der Waals surface area contributed by atoms with Crippen molar-refractivity contribution in [3.8, 4) is 0 Å². The maximum Gasteiger partial charge on any atom is 0.224 e. The van der Waals surface area contributed by atoms with E-state index in [2.05, 4.69) is 10.3 Å². The van der Waals surface area contributed by atoms with Gasteiger partial charge in [0, 0.05) is 12.1 Å². The van der Waals surface area contributed by atoms with Crippen molar-refractivity contribution in [1.82, 2.24) is 4.98 Å². The summed E-state index contributed by atoms with van der Waals surface area (Å²) in [7, 11) is 0. The number of carbonyl (C=O) groups is 1. The summed E-state index contributed by atoms with van der Waals surface area (Å²) in [5.74, 6) is 0.423. The molecule has 0 fully saturated rings. The van der Waals surface area contributed by atoms with Crippen molar-refractivity contribution in [3.05, 3.63) is 22.2 Å². The van der Waals surface area contributed by atoms with Crippen molar-refractivity contribution in [2.75, 3.05) is 5.32 Å². The smallest absolute Gasteiger partial charge is 0.224 e. The van der Waals surface area contributed by atoms with Crippen LogP contribution in [0.5, 0.6) is 0 Å². The third-order valence-electron chi connectivity index (χ3n) is 2.30. The molecule has 5 heteroatoms. The molecule has 17 heavy (non-hydrogen) atoms. The first-order valence-corrected chi connectivity index (χ1v) is 6.70. The van der Waals surface area contributed by atoms with Crippen LogP contribution in [0.4, 0.5) is 5.69 Å². The molecule has 0 aliphatic carbocycles. The Labute approximate surface area is 109 Å². The summed E-state index contributed by atoms with van der Waals surface area (Å²) in [5, 5.41) is 2.89. The number of aromatic amines is 1. The van der Waals surface area contributed by atoms with Gasteiger partial charge in [0.1, 0.15) is 0 Å². The number of hydrogen-bond donors (Lipinski definition) is 2. The largest absolute Gasteiger partial charge is 0.337 e. The lowest BCUT2D eigenvalue weighted by atomic mass is 10.1. The molecule has 0 atom stereocenters. The Balaban J connectivity index is 2.19. The van der Waals surface area contributed by atoms with Gasteiger partial charge in [-0.2, -0.15) is 0 Å². The highest BCUT2D eigenvalue weighted by Gasteiger charge is 2.06. The highest BCUT2D eigenvalue weighted by molar-refractivity contribution is 7.73. The summed E-state index contributed by atoms with van der Waals surface area (Å²) >= 11 is 6.59. The Morgan fingerprint density at radius 1 is 1.53 bits per heavy atom. The summed E-state index contributed by atoms with van der Waals surface area (Å²) in [6.45, 7) is 4.06. The molecule has 3 nitrogen and oxygen atoms in total. The van der Waals surface area contributed by atoms with Gasteiger partial charge in [0.2, 0.25) is 5.91 Å². The van der Waals surface area contributed by atoms with Crippen LogP contribution in [0.2, 0.25) is 0 Å². The number of thiazole rings is 1. The normalized spacial score (nSPS) is 11.0. The van der Waals surface area contributed by atoms with Gasteiger partial charge in [-0.3, -0.25) is 4.79 Å². The molecule has 1 aromatic carbocycles. The van der Waals surface area contributed by atoms with Crippen molar-refractivity contribution in [1.29, 1.82) is 0 Å². The highest BCUT2D eigenvalue weighted by atomic mass is 32.1. The second-order valence-corrected chi connectivity index (χ2v) is 6.09. The number of fused-ring (bicyclic) bond motifs is 1. The van der Waals surface area contributed by atoms with E-state index in [4.69, 9.17) is 12.2 Å². The summed E-state index contributed by atoms with van der Waals surface area (Å²) in [6, 6.07) is 5.77. The first-order valence-electron chi connectivity index (χ1n) is 5.47. The van der Waals surface area contributed by atoms with E-state index in [1.807, 2.05) is 32.0 Å². The average molecular weight is 266 g/mol. The lowest BCUT2D eigenvalue weighted by Gasteiger charge is -2.06. The second-order valence-electron chi connectivity index (χ2n) is 4.37. The molecule has 2 aromatic rings. The number of carbonyl (C=O) groups excluding carboxylic acids is 1. The van der Waals surface area contributed by atoms with Gasteiger partial charge in [0.15, 0.2) is 3.95 Å². The Kier molecular flexibility index (Phi) is 3.59. The number of H-pyrrole nitrogens is 1. The van der Waals surface area contributed by atoms with Crippen LogP contribution >= 0.6 is 23.6 Å². The molecule has 0 bridgehead atoms.